The predicted octanol–water partition coefficient (Wildman–Crippen LogP) is 4.86. The van der Waals surface area contributed by atoms with Gasteiger partial charge in [-0.2, -0.15) is 0 Å². The van der Waals surface area contributed by atoms with Crippen LogP contribution in [-0.2, 0) is 6.61 Å². The zero-order chi connectivity index (χ0) is 18.5. The molecule has 0 spiro atoms. The van der Waals surface area contributed by atoms with Crippen molar-refractivity contribution in [2.75, 3.05) is 33.3 Å². The maximum absolute atomic E-state index is 6.17. The van der Waals surface area contributed by atoms with Crippen LogP contribution < -0.4 is 14.8 Å². The third kappa shape index (κ3) is 5.79. The summed E-state index contributed by atoms with van der Waals surface area (Å²) in [6.07, 6.45) is 4.03. The summed E-state index contributed by atoms with van der Waals surface area (Å²) in [5.74, 6) is 2.42. The maximum Gasteiger partial charge on any atom is 0.161 e. The largest absolute Gasteiger partial charge is 0.493 e. The molecule has 1 saturated carbocycles. The fourth-order valence-corrected chi connectivity index (χ4v) is 4.22. The molecule has 1 aliphatic carbocycles. The van der Waals surface area contributed by atoms with Crippen LogP contribution in [-0.4, -0.2) is 38.2 Å². The van der Waals surface area contributed by atoms with E-state index in [1.54, 1.807) is 7.11 Å². The molecule has 1 N–H and O–H groups in total. The molecule has 4 nitrogen and oxygen atoms in total. The second-order valence-corrected chi connectivity index (χ2v) is 7.61. The van der Waals surface area contributed by atoms with Crippen LogP contribution in [0.4, 0.5) is 0 Å². The number of nitrogens with zero attached hydrogens (tertiary/aromatic N) is 1. The quantitative estimate of drug-likeness (QED) is 0.668. The molecule has 2 aliphatic rings. The normalized spacial score (nSPS) is 18.0. The van der Waals surface area contributed by atoms with E-state index < -0.39 is 0 Å². The minimum atomic E-state index is 0. The van der Waals surface area contributed by atoms with Gasteiger partial charge in [0.25, 0.3) is 0 Å². The Labute approximate surface area is 186 Å². The zero-order valence-electron chi connectivity index (χ0n) is 17.0. The van der Waals surface area contributed by atoms with E-state index in [1.807, 2.05) is 18.2 Å². The molecule has 0 unspecified atom stereocenters. The van der Waals surface area contributed by atoms with Gasteiger partial charge in [-0.15, -0.1) is 24.8 Å². The number of rotatable bonds is 7. The van der Waals surface area contributed by atoms with Crippen molar-refractivity contribution in [1.82, 2.24) is 10.2 Å². The Kier molecular flexibility index (Phi) is 9.57. The van der Waals surface area contributed by atoms with Crippen molar-refractivity contribution in [3.63, 3.8) is 0 Å². The Hall–Kier alpha value is -1.46. The second-order valence-electron chi connectivity index (χ2n) is 7.61. The number of nitrogens with one attached hydrogen (secondary N) is 1. The smallest absolute Gasteiger partial charge is 0.161 e. The predicted molar refractivity (Wildman–Crippen MR) is 123 cm³/mol. The van der Waals surface area contributed by atoms with Gasteiger partial charge in [-0.05, 0) is 42.0 Å². The average Bonchev–Trinajstić information content (AvgIpc) is 2.70. The van der Waals surface area contributed by atoms with E-state index in [4.69, 9.17) is 9.47 Å². The van der Waals surface area contributed by atoms with Gasteiger partial charge >= 0.3 is 0 Å². The maximum atomic E-state index is 6.17. The first-order valence-electron chi connectivity index (χ1n) is 10.1. The molecule has 2 fully saturated rings. The first-order valence-corrected chi connectivity index (χ1v) is 10.1. The Morgan fingerprint density at radius 1 is 1.00 bits per heavy atom. The lowest BCUT2D eigenvalue weighted by Crippen LogP contribution is -2.47. The summed E-state index contributed by atoms with van der Waals surface area (Å²) in [6, 6.07) is 17.3. The van der Waals surface area contributed by atoms with Crippen molar-refractivity contribution in [2.24, 2.45) is 5.92 Å². The van der Waals surface area contributed by atoms with Gasteiger partial charge in [0.15, 0.2) is 11.5 Å². The highest BCUT2D eigenvalue weighted by Crippen LogP contribution is 2.43. The van der Waals surface area contributed by atoms with Crippen LogP contribution >= 0.6 is 24.8 Å². The first-order chi connectivity index (χ1) is 13.3. The first kappa shape index (κ1) is 23.8. The van der Waals surface area contributed by atoms with Gasteiger partial charge in [-0.25, -0.2) is 0 Å². The van der Waals surface area contributed by atoms with Crippen molar-refractivity contribution in [3.05, 3.63) is 59.7 Å². The number of ether oxygens (including phenoxy) is 2. The molecule has 4 rings (SSSR count). The summed E-state index contributed by atoms with van der Waals surface area (Å²) in [7, 11) is 1.71. The van der Waals surface area contributed by atoms with Gasteiger partial charge in [-0.1, -0.05) is 42.8 Å². The Bertz CT molecular complexity index is 735. The lowest BCUT2D eigenvalue weighted by molar-refractivity contribution is 0.0834. The SMILES string of the molecule is COc1ccc([C@H](C2CCC2)N2CCNCC2)cc1OCc1ccccc1.Cl.Cl. The van der Waals surface area contributed by atoms with Crippen LogP contribution in [0, 0.1) is 5.92 Å². The molecule has 6 heteroatoms. The summed E-state index contributed by atoms with van der Waals surface area (Å²) < 4.78 is 11.7. The summed E-state index contributed by atoms with van der Waals surface area (Å²) in [5, 5.41) is 3.48. The number of benzene rings is 2. The monoisotopic (exact) mass is 438 g/mol. The standard InChI is InChI=1S/C23H30N2O2.2ClH/c1-26-21-11-10-20(16-22(21)27-17-18-6-3-2-4-7-18)23(19-8-5-9-19)25-14-12-24-13-15-25;;/h2-4,6-7,10-11,16,19,23-24H,5,8-9,12-15,17H2,1H3;2*1H/t23-;;/m0../s1. The third-order valence-electron chi connectivity index (χ3n) is 5.91. The van der Waals surface area contributed by atoms with Crippen molar-refractivity contribution < 1.29 is 9.47 Å². The van der Waals surface area contributed by atoms with Gasteiger partial charge in [0.1, 0.15) is 6.61 Å². The molecule has 0 aromatic heterocycles. The Morgan fingerprint density at radius 2 is 1.72 bits per heavy atom. The van der Waals surface area contributed by atoms with Gasteiger partial charge in [0.05, 0.1) is 7.11 Å². The lowest BCUT2D eigenvalue weighted by Gasteiger charge is -2.43. The Balaban J connectivity index is 0.00000150. The summed E-state index contributed by atoms with van der Waals surface area (Å²) >= 11 is 0. The van der Waals surface area contributed by atoms with Crippen molar-refractivity contribution in [3.8, 4) is 11.5 Å². The van der Waals surface area contributed by atoms with E-state index in [0.29, 0.717) is 12.6 Å². The van der Waals surface area contributed by atoms with Crippen molar-refractivity contribution in [1.29, 1.82) is 0 Å². The van der Waals surface area contributed by atoms with E-state index in [9.17, 15) is 0 Å². The van der Waals surface area contributed by atoms with E-state index in [2.05, 4.69) is 40.5 Å². The molecule has 1 aliphatic heterocycles. The van der Waals surface area contributed by atoms with Gasteiger partial charge in [-0.3, -0.25) is 4.90 Å². The van der Waals surface area contributed by atoms with Crippen LogP contribution in [0.5, 0.6) is 11.5 Å². The van der Waals surface area contributed by atoms with Crippen molar-refractivity contribution in [2.45, 2.75) is 31.9 Å². The number of piperazine rings is 1. The topological polar surface area (TPSA) is 33.7 Å². The van der Waals surface area contributed by atoms with E-state index in [1.165, 1.54) is 30.4 Å². The lowest BCUT2D eigenvalue weighted by atomic mass is 9.76. The third-order valence-corrected chi connectivity index (χ3v) is 5.91. The van der Waals surface area contributed by atoms with Crippen LogP contribution in [0.2, 0.25) is 0 Å². The highest BCUT2D eigenvalue weighted by molar-refractivity contribution is 5.85. The van der Waals surface area contributed by atoms with Crippen LogP contribution in [0.25, 0.3) is 0 Å². The molecule has 0 radical (unpaired) electrons. The molecule has 0 amide bonds. The van der Waals surface area contributed by atoms with Crippen LogP contribution in [0.1, 0.15) is 36.4 Å². The molecular weight excluding hydrogens is 407 g/mol. The molecule has 2 aromatic rings. The van der Waals surface area contributed by atoms with Crippen LogP contribution in [0.15, 0.2) is 48.5 Å². The highest BCUT2D eigenvalue weighted by Gasteiger charge is 2.34. The van der Waals surface area contributed by atoms with Gasteiger partial charge < -0.3 is 14.8 Å². The summed E-state index contributed by atoms with van der Waals surface area (Å²) in [6.45, 7) is 4.96. The minimum Gasteiger partial charge on any atom is -0.493 e. The number of halogens is 2. The van der Waals surface area contributed by atoms with Crippen molar-refractivity contribution >= 4 is 24.8 Å². The minimum absolute atomic E-state index is 0. The Morgan fingerprint density at radius 3 is 2.34 bits per heavy atom. The van der Waals surface area contributed by atoms with E-state index >= 15 is 0 Å². The van der Waals surface area contributed by atoms with E-state index in [-0.39, 0.29) is 24.8 Å². The van der Waals surface area contributed by atoms with Gasteiger partial charge in [0, 0.05) is 32.2 Å². The molecule has 0 bridgehead atoms. The summed E-state index contributed by atoms with van der Waals surface area (Å²) in [5.41, 5.74) is 2.54. The molecule has 160 valence electrons. The zero-order valence-corrected chi connectivity index (χ0v) is 18.6. The number of hydrogen-bond donors (Lipinski definition) is 1. The van der Waals surface area contributed by atoms with Crippen LogP contribution in [0.3, 0.4) is 0 Å². The summed E-state index contributed by atoms with van der Waals surface area (Å²) in [4.78, 5) is 2.66. The molecule has 1 heterocycles. The molecule has 1 saturated heterocycles. The van der Waals surface area contributed by atoms with Gasteiger partial charge in [0.2, 0.25) is 0 Å². The number of hydrogen-bond acceptors (Lipinski definition) is 4. The molecule has 29 heavy (non-hydrogen) atoms. The highest BCUT2D eigenvalue weighted by atomic mass is 35.5. The fourth-order valence-electron chi connectivity index (χ4n) is 4.22. The second kappa shape index (κ2) is 11.7. The average molecular weight is 439 g/mol. The fraction of sp³-hybridized carbons (Fsp3) is 0.478. The molecule has 1 atom stereocenters. The molecule has 2 aromatic carbocycles. The molecular formula is C23H32Cl2N2O2. The number of methoxy groups -OCH3 is 1. The van der Waals surface area contributed by atoms with E-state index in [0.717, 1.165) is 43.6 Å².